The van der Waals surface area contributed by atoms with Gasteiger partial charge in [0.05, 0.1) is 5.75 Å². The molecule has 6 heteroatoms. The zero-order valence-electron chi connectivity index (χ0n) is 21.1. The molecule has 0 saturated heterocycles. The fourth-order valence-corrected chi connectivity index (χ4v) is 4.96. The van der Waals surface area contributed by atoms with Gasteiger partial charge >= 0.3 is 0 Å². The second-order valence-corrected chi connectivity index (χ2v) is 10.3. The monoisotopic (exact) mass is 522 g/mol. The van der Waals surface area contributed by atoms with Crippen molar-refractivity contribution in [3.8, 4) is 0 Å². The van der Waals surface area contributed by atoms with Crippen molar-refractivity contribution in [2.75, 3.05) is 12.3 Å². The molecule has 0 aromatic heterocycles. The molecule has 0 aliphatic rings. The van der Waals surface area contributed by atoms with Gasteiger partial charge in [-0.2, -0.15) is 0 Å². The summed E-state index contributed by atoms with van der Waals surface area (Å²) in [5.74, 6) is 0.819. The highest BCUT2D eigenvalue weighted by atomic mass is 35.5. The fraction of sp³-hybridized carbons (Fsp3) is 0.333. The molecule has 1 N–H and O–H groups in total. The quantitative estimate of drug-likeness (QED) is 0.263. The highest BCUT2D eigenvalue weighted by Crippen LogP contribution is 2.22. The minimum atomic E-state index is -0.631. The van der Waals surface area contributed by atoms with Gasteiger partial charge in [0.15, 0.2) is 0 Å². The Kier molecular flexibility index (Phi) is 11.4. The van der Waals surface area contributed by atoms with E-state index in [4.69, 9.17) is 11.6 Å². The molecule has 3 aromatic carbocycles. The van der Waals surface area contributed by atoms with E-state index in [9.17, 15) is 9.59 Å². The number of nitrogens with zero attached hydrogens (tertiary/aromatic N) is 1. The summed E-state index contributed by atoms with van der Waals surface area (Å²) < 4.78 is 0. The van der Waals surface area contributed by atoms with E-state index in [-0.39, 0.29) is 24.1 Å². The first-order chi connectivity index (χ1) is 17.5. The molecule has 190 valence electrons. The summed E-state index contributed by atoms with van der Waals surface area (Å²) in [6.07, 6.45) is 2.33. The molecule has 0 heterocycles. The number of carbonyl (C=O) groups is 2. The lowest BCUT2D eigenvalue weighted by molar-refractivity contribution is -0.139. The van der Waals surface area contributed by atoms with Crippen LogP contribution >= 0.6 is 23.4 Å². The lowest BCUT2D eigenvalue weighted by Gasteiger charge is -2.32. The maximum Gasteiger partial charge on any atom is 0.243 e. The highest BCUT2D eigenvalue weighted by Gasteiger charge is 2.30. The molecule has 0 bridgehead atoms. The molecular weight excluding hydrogens is 488 g/mol. The number of hydrogen-bond donors (Lipinski definition) is 1. The number of nitrogens with one attached hydrogen (secondary N) is 1. The Morgan fingerprint density at radius 1 is 0.944 bits per heavy atom. The van der Waals surface area contributed by atoms with Crippen LogP contribution in [0.5, 0.6) is 0 Å². The number of aryl methyl sites for hydroxylation is 1. The molecule has 0 radical (unpaired) electrons. The smallest absolute Gasteiger partial charge is 0.243 e. The number of amides is 2. The Balaban J connectivity index is 1.83. The van der Waals surface area contributed by atoms with E-state index in [1.165, 1.54) is 11.1 Å². The largest absolute Gasteiger partial charge is 0.354 e. The minimum Gasteiger partial charge on any atom is -0.354 e. The maximum atomic E-state index is 13.7. The van der Waals surface area contributed by atoms with Gasteiger partial charge in [-0.05, 0) is 36.1 Å². The number of rotatable bonds is 13. The van der Waals surface area contributed by atoms with Crippen LogP contribution in [0.4, 0.5) is 0 Å². The van der Waals surface area contributed by atoms with Crippen LogP contribution in [0.3, 0.4) is 0 Å². The Hall–Kier alpha value is -2.76. The molecular formula is C30H35ClN2O2S. The number of hydrogen-bond acceptors (Lipinski definition) is 3. The van der Waals surface area contributed by atoms with Gasteiger partial charge in [-0.25, -0.2) is 0 Å². The van der Waals surface area contributed by atoms with Gasteiger partial charge in [-0.15, -0.1) is 11.8 Å². The van der Waals surface area contributed by atoms with Crippen molar-refractivity contribution in [2.24, 2.45) is 0 Å². The number of benzene rings is 3. The van der Waals surface area contributed by atoms with Gasteiger partial charge in [-0.3, -0.25) is 9.59 Å². The van der Waals surface area contributed by atoms with Crippen molar-refractivity contribution >= 4 is 35.2 Å². The van der Waals surface area contributed by atoms with Crippen LogP contribution in [-0.4, -0.2) is 35.1 Å². The first kappa shape index (κ1) is 27.8. The number of unbranched alkanes of at least 4 members (excludes halogenated alkanes) is 1. The van der Waals surface area contributed by atoms with E-state index < -0.39 is 6.04 Å². The molecule has 0 unspecified atom stereocenters. The maximum absolute atomic E-state index is 13.7. The van der Waals surface area contributed by atoms with Crippen molar-refractivity contribution in [2.45, 2.75) is 51.4 Å². The number of carbonyl (C=O) groups excluding carboxylic acids is 2. The van der Waals surface area contributed by atoms with Gasteiger partial charge in [0.25, 0.3) is 0 Å². The average molecular weight is 523 g/mol. The third kappa shape index (κ3) is 8.72. The zero-order chi connectivity index (χ0) is 25.8. The second kappa shape index (κ2) is 14.7. The van der Waals surface area contributed by atoms with Crippen molar-refractivity contribution in [1.82, 2.24) is 10.2 Å². The lowest BCUT2D eigenvalue weighted by Crippen LogP contribution is -2.51. The normalized spacial score (nSPS) is 11.6. The topological polar surface area (TPSA) is 49.4 Å². The molecule has 1 atom stereocenters. The summed E-state index contributed by atoms with van der Waals surface area (Å²) in [4.78, 5) is 28.8. The molecule has 36 heavy (non-hydrogen) atoms. The van der Waals surface area contributed by atoms with Gasteiger partial charge in [0, 0.05) is 30.3 Å². The highest BCUT2D eigenvalue weighted by molar-refractivity contribution is 7.99. The lowest BCUT2D eigenvalue weighted by atomic mass is 10.0. The molecule has 3 rings (SSSR count). The van der Waals surface area contributed by atoms with Gasteiger partial charge in [0.2, 0.25) is 11.8 Å². The van der Waals surface area contributed by atoms with E-state index in [0.717, 1.165) is 29.7 Å². The van der Waals surface area contributed by atoms with Crippen LogP contribution < -0.4 is 5.32 Å². The van der Waals surface area contributed by atoms with E-state index in [0.29, 0.717) is 18.0 Å². The van der Waals surface area contributed by atoms with Crippen LogP contribution in [0.1, 0.15) is 42.0 Å². The SMILES string of the molecule is CCCCNC(=O)[C@H](Cc1ccccc1)N(Cc1ccccc1Cl)C(=O)CSCc1ccc(C)cc1. The first-order valence-corrected chi connectivity index (χ1v) is 14.0. The zero-order valence-corrected chi connectivity index (χ0v) is 22.7. The van der Waals surface area contributed by atoms with Gasteiger partial charge in [0.1, 0.15) is 6.04 Å². The molecule has 0 saturated carbocycles. The van der Waals surface area contributed by atoms with Crippen molar-refractivity contribution < 1.29 is 9.59 Å². The van der Waals surface area contributed by atoms with Crippen LogP contribution in [0, 0.1) is 6.92 Å². The van der Waals surface area contributed by atoms with Gasteiger partial charge < -0.3 is 10.2 Å². The second-order valence-electron chi connectivity index (χ2n) is 8.94. The summed E-state index contributed by atoms with van der Waals surface area (Å²) in [5.41, 5.74) is 4.23. The van der Waals surface area contributed by atoms with Crippen molar-refractivity contribution in [1.29, 1.82) is 0 Å². The summed E-state index contributed by atoms with van der Waals surface area (Å²) in [7, 11) is 0. The summed E-state index contributed by atoms with van der Waals surface area (Å²) in [5, 5.41) is 3.64. The predicted octanol–water partition coefficient (Wildman–Crippen LogP) is 6.44. The van der Waals surface area contributed by atoms with Crippen LogP contribution in [0.2, 0.25) is 5.02 Å². The Bertz CT molecular complexity index is 1110. The third-order valence-electron chi connectivity index (χ3n) is 6.01. The van der Waals surface area contributed by atoms with Crippen LogP contribution in [-0.2, 0) is 28.3 Å². The minimum absolute atomic E-state index is 0.0707. The molecule has 2 amide bonds. The Labute approximate surface area is 224 Å². The molecule has 0 aliphatic heterocycles. The number of thioether (sulfide) groups is 1. The summed E-state index contributed by atoms with van der Waals surface area (Å²) in [6.45, 7) is 5.02. The standard InChI is InChI=1S/C30H35ClN2O2S/c1-3-4-18-32-30(35)28(19-24-10-6-5-7-11-24)33(20-26-12-8-9-13-27(26)31)29(34)22-36-21-25-16-14-23(2)15-17-25/h5-17,28H,3-4,18-22H2,1-2H3,(H,32,35)/t28-/m0/s1. The molecule has 0 fully saturated rings. The molecule has 3 aromatic rings. The first-order valence-electron chi connectivity index (χ1n) is 12.5. The molecule has 4 nitrogen and oxygen atoms in total. The predicted molar refractivity (Wildman–Crippen MR) is 151 cm³/mol. The fourth-order valence-electron chi connectivity index (χ4n) is 3.89. The Morgan fingerprint density at radius 2 is 1.64 bits per heavy atom. The van der Waals surface area contributed by atoms with Crippen molar-refractivity contribution in [3.63, 3.8) is 0 Å². The van der Waals surface area contributed by atoms with E-state index in [2.05, 4.69) is 43.4 Å². The van der Waals surface area contributed by atoms with Crippen molar-refractivity contribution in [3.05, 3.63) is 106 Å². The summed E-state index contributed by atoms with van der Waals surface area (Å²) >= 11 is 8.04. The third-order valence-corrected chi connectivity index (χ3v) is 7.37. The van der Waals surface area contributed by atoms with E-state index in [1.807, 2.05) is 54.6 Å². The number of halogens is 1. The van der Waals surface area contributed by atoms with Crippen LogP contribution in [0.25, 0.3) is 0 Å². The van der Waals surface area contributed by atoms with Crippen LogP contribution in [0.15, 0.2) is 78.9 Å². The summed E-state index contributed by atoms with van der Waals surface area (Å²) in [6, 6.07) is 25.1. The van der Waals surface area contributed by atoms with E-state index in [1.54, 1.807) is 16.7 Å². The Morgan fingerprint density at radius 3 is 2.33 bits per heavy atom. The van der Waals surface area contributed by atoms with Gasteiger partial charge in [-0.1, -0.05) is 103 Å². The van der Waals surface area contributed by atoms with E-state index >= 15 is 0 Å². The molecule has 0 spiro atoms. The average Bonchev–Trinajstić information content (AvgIpc) is 2.89. The molecule has 0 aliphatic carbocycles.